The molecule has 51 heavy (non-hydrogen) atoms. The van der Waals surface area contributed by atoms with E-state index in [0.717, 1.165) is 28.2 Å². The van der Waals surface area contributed by atoms with Crippen molar-refractivity contribution in [3.63, 3.8) is 0 Å². The molecule has 7 rings (SSSR count). The van der Waals surface area contributed by atoms with E-state index in [2.05, 4.69) is 0 Å². The molecule has 2 heterocycles. The highest BCUT2D eigenvalue weighted by Gasteiger charge is 2.41. The van der Waals surface area contributed by atoms with Crippen LogP contribution in [0.25, 0.3) is 10.8 Å². The topological polar surface area (TPSA) is 170 Å². The number of carbonyl (C=O) groups is 2. The number of ketones is 1. The molecular weight excluding hydrogens is 660 g/mol. The Kier molecular flexibility index (Phi) is 8.69. The second kappa shape index (κ2) is 13.3. The number of aliphatic hydroxyl groups excluding tert-OH is 1. The van der Waals surface area contributed by atoms with E-state index < -0.39 is 47.8 Å². The number of phenols is 3. The SMILES string of the molecule is COc1ccc2cc([C@H](C)C(=O)OC[C@@H]3Oc4ccc(C5Oc6cc(O)cc(O)c6C(=O)[C@H]5O)cc4O[C@H]3c3ccc(O)c(OC)c3)ccc2c1. The van der Waals surface area contributed by atoms with Crippen molar-refractivity contribution < 1.29 is 58.4 Å². The molecule has 0 bridgehead atoms. The quantitative estimate of drug-likeness (QED) is 0.143. The summed E-state index contributed by atoms with van der Waals surface area (Å²) >= 11 is 0. The molecule has 5 aromatic carbocycles. The second-order valence-electron chi connectivity index (χ2n) is 12.3. The third-order valence-corrected chi connectivity index (χ3v) is 9.14. The summed E-state index contributed by atoms with van der Waals surface area (Å²) in [6.45, 7) is 1.57. The lowest BCUT2D eigenvalue weighted by molar-refractivity contribution is -0.150. The number of rotatable bonds is 8. The Morgan fingerprint density at radius 3 is 2.25 bits per heavy atom. The van der Waals surface area contributed by atoms with E-state index in [-0.39, 0.29) is 40.9 Å². The van der Waals surface area contributed by atoms with E-state index in [1.807, 2.05) is 36.4 Å². The standard InChI is InChI=1S/C39H34O12/c1-19(20-4-5-22-13-26(46-2)9-6-21(22)12-20)39(45)48-18-33-37(23-7-10-27(41)30(14-23)47-3)50-31-15-24(8-11-29(31)49-33)38-36(44)35(43)34-28(42)16-25(40)17-32(34)51-38/h4-17,19,33,36-38,40-42,44H,18H2,1-3H3/t19-,33-,36+,37-,38?/m0/s1. The van der Waals surface area contributed by atoms with E-state index in [1.54, 1.807) is 44.4 Å². The van der Waals surface area contributed by atoms with Gasteiger partial charge in [0.1, 0.15) is 35.2 Å². The summed E-state index contributed by atoms with van der Waals surface area (Å²) < 4.78 is 35.1. The maximum Gasteiger partial charge on any atom is 0.313 e. The maximum atomic E-state index is 13.4. The first-order valence-corrected chi connectivity index (χ1v) is 16.1. The number of hydrogen-bond acceptors (Lipinski definition) is 12. The smallest absolute Gasteiger partial charge is 0.313 e. The molecule has 0 saturated carbocycles. The highest BCUT2D eigenvalue weighted by atomic mass is 16.6. The van der Waals surface area contributed by atoms with E-state index >= 15 is 0 Å². The number of ether oxygens (including phenoxy) is 6. The summed E-state index contributed by atoms with van der Waals surface area (Å²) in [5.74, 6) is -1.38. The van der Waals surface area contributed by atoms with Crippen LogP contribution < -0.4 is 23.7 Å². The van der Waals surface area contributed by atoms with Crippen LogP contribution in [0.2, 0.25) is 0 Å². The number of benzene rings is 5. The molecule has 5 aromatic rings. The van der Waals surface area contributed by atoms with Gasteiger partial charge in [0.15, 0.2) is 47.4 Å². The number of hydrogen-bond donors (Lipinski definition) is 4. The average molecular weight is 695 g/mol. The Morgan fingerprint density at radius 2 is 1.47 bits per heavy atom. The number of fused-ring (bicyclic) bond motifs is 3. The predicted molar refractivity (Wildman–Crippen MR) is 182 cm³/mol. The molecule has 5 atom stereocenters. The molecule has 2 aliphatic rings. The Balaban J connectivity index is 1.15. The molecule has 0 amide bonds. The van der Waals surface area contributed by atoms with E-state index in [4.69, 9.17) is 28.4 Å². The Labute approximate surface area is 291 Å². The normalized spacial score (nSPS) is 19.8. The van der Waals surface area contributed by atoms with Crippen molar-refractivity contribution in [2.45, 2.75) is 37.3 Å². The zero-order chi connectivity index (χ0) is 36.0. The lowest BCUT2D eigenvalue weighted by Crippen LogP contribution is -2.38. The Morgan fingerprint density at radius 1 is 0.745 bits per heavy atom. The third kappa shape index (κ3) is 6.25. The number of aliphatic hydroxyl groups is 1. The summed E-state index contributed by atoms with van der Waals surface area (Å²) in [5.41, 5.74) is 1.43. The fourth-order valence-electron chi connectivity index (χ4n) is 6.33. The monoisotopic (exact) mass is 694 g/mol. The van der Waals surface area contributed by atoms with Crippen molar-refractivity contribution in [2.75, 3.05) is 20.8 Å². The minimum Gasteiger partial charge on any atom is -0.508 e. The molecule has 12 heteroatoms. The zero-order valence-corrected chi connectivity index (χ0v) is 27.7. The summed E-state index contributed by atoms with van der Waals surface area (Å²) in [4.78, 5) is 26.4. The van der Waals surface area contributed by atoms with Gasteiger partial charge in [-0.25, -0.2) is 0 Å². The predicted octanol–water partition coefficient (Wildman–Crippen LogP) is 5.88. The number of phenolic OH excluding ortho intramolecular Hbond substituents is 3. The van der Waals surface area contributed by atoms with E-state index in [9.17, 15) is 30.0 Å². The van der Waals surface area contributed by atoms with Crippen molar-refractivity contribution in [1.29, 1.82) is 0 Å². The van der Waals surface area contributed by atoms with Crippen molar-refractivity contribution in [1.82, 2.24) is 0 Å². The van der Waals surface area contributed by atoms with Gasteiger partial charge in [0.25, 0.3) is 0 Å². The first-order chi connectivity index (χ1) is 24.5. The lowest BCUT2D eigenvalue weighted by atomic mass is 9.92. The van der Waals surface area contributed by atoms with E-state index in [1.165, 1.54) is 19.2 Å². The molecule has 2 aliphatic heterocycles. The second-order valence-corrected chi connectivity index (χ2v) is 12.3. The van der Waals surface area contributed by atoms with Crippen LogP contribution in [0, 0.1) is 0 Å². The molecular formula is C39H34O12. The molecule has 0 spiro atoms. The largest absolute Gasteiger partial charge is 0.508 e. The first-order valence-electron chi connectivity index (χ1n) is 16.1. The van der Waals surface area contributed by atoms with Crippen LogP contribution in [0.5, 0.6) is 46.0 Å². The number of carbonyl (C=O) groups excluding carboxylic acids is 2. The molecule has 0 radical (unpaired) electrons. The van der Waals surface area contributed by atoms with Crippen molar-refractivity contribution in [2.24, 2.45) is 0 Å². The van der Waals surface area contributed by atoms with Crippen LogP contribution in [0.15, 0.2) is 84.9 Å². The lowest BCUT2D eigenvalue weighted by Gasteiger charge is -2.35. The van der Waals surface area contributed by atoms with Crippen LogP contribution in [-0.4, -0.2) is 65.2 Å². The summed E-state index contributed by atoms with van der Waals surface area (Å²) in [7, 11) is 3.02. The minimum absolute atomic E-state index is 0.0863. The third-order valence-electron chi connectivity index (χ3n) is 9.14. The summed E-state index contributed by atoms with van der Waals surface area (Å²) in [6, 6.07) is 23.0. The maximum absolute atomic E-state index is 13.4. The zero-order valence-electron chi connectivity index (χ0n) is 27.7. The molecule has 1 unspecified atom stereocenters. The molecule has 0 fully saturated rings. The Bertz CT molecular complexity index is 2160. The van der Waals surface area contributed by atoms with Crippen LogP contribution in [-0.2, 0) is 9.53 Å². The summed E-state index contributed by atoms with van der Waals surface area (Å²) in [6.07, 6.45) is -4.58. The van der Waals surface area contributed by atoms with E-state index in [0.29, 0.717) is 16.9 Å². The molecule has 12 nitrogen and oxygen atoms in total. The molecule has 0 aromatic heterocycles. The molecule has 4 N–H and O–H groups in total. The fraction of sp³-hybridized carbons (Fsp3) is 0.231. The van der Waals surface area contributed by atoms with Gasteiger partial charge in [-0.1, -0.05) is 36.4 Å². The Hall–Kier alpha value is -6.14. The number of Topliss-reactive ketones (excluding diaryl/α,β-unsaturated/α-hetero) is 1. The number of esters is 1. The molecule has 262 valence electrons. The van der Waals surface area contributed by atoms with Crippen molar-refractivity contribution in [3.05, 3.63) is 107 Å². The van der Waals surface area contributed by atoms with Gasteiger partial charge in [0.05, 0.1) is 20.1 Å². The van der Waals surface area contributed by atoms with Gasteiger partial charge in [0, 0.05) is 17.7 Å². The minimum atomic E-state index is -1.67. The van der Waals surface area contributed by atoms with Crippen LogP contribution in [0.3, 0.4) is 0 Å². The van der Waals surface area contributed by atoms with Crippen LogP contribution >= 0.6 is 0 Å². The number of aromatic hydroxyl groups is 3. The van der Waals surface area contributed by atoms with Gasteiger partial charge < -0.3 is 48.8 Å². The summed E-state index contributed by atoms with van der Waals surface area (Å²) in [5, 5.41) is 43.3. The van der Waals surface area contributed by atoms with Gasteiger partial charge in [-0.15, -0.1) is 0 Å². The van der Waals surface area contributed by atoms with Gasteiger partial charge in [-0.2, -0.15) is 0 Å². The highest BCUT2D eigenvalue weighted by molar-refractivity contribution is 6.05. The first kappa shape index (κ1) is 33.4. The van der Waals surface area contributed by atoms with Crippen LogP contribution in [0.4, 0.5) is 0 Å². The van der Waals surface area contributed by atoms with Crippen molar-refractivity contribution >= 4 is 22.5 Å². The van der Waals surface area contributed by atoms with Gasteiger partial charge in [-0.3, -0.25) is 9.59 Å². The fourth-order valence-corrected chi connectivity index (χ4v) is 6.33. The van der Waals surface area contributed by atoms with Gasteiger partial charge in [0.2, 0.25) is 5.78 Å². The van der Waals surface area contributed by atoms with Crippen molar-refractivity contribution in [3.8, 4) is 46.0 Å². The van der Waals surface area contributed by atoms with Gasteiger partial charge in [-0.05, 0) is 65.2 Å². The van der Waals surface area contributed by atoms with Crippen LogP contribution in [0.1, 0.15) is 52.1 Å². The average Bonchev–Trinajstić information content (AvgIpc) is 3.13. The molecule has 0 aliphatic carbocycles. The highest BCUT2D eigenvalue weighted by Crippen LogP contribution is 2.46. The van der Waals surface area contributed by atoms with Gasteiger partial charge >= 0.3 is 5.97 Å². The molecule has 0 saturated heterocycles. The number of methoxy groups -OCH3 is 2.